The highest BCUT2D eigenvalue weighted by Crippen LogP contribution is 2.30. The second-order valence-electron chi connectivity index (χ2n) is 5.81. The molecule has 3 heteroatoms. The minimum atomic E-state index is 0.481. The minimum absolute atomic E-state index is 0.481. The summed E-state index contributed by atoms with van der Waals surface area (Å²) < 4.78 is 5.54. The molecule has 1 N–H and O–H groups in total. The number of hydrogen-bond donors (Lipinski definition) is 1. The second kappa shape index (κ2) is 6.81. The molecule has 3 nitrogen and oxygen atoms in total. The number of anilines is 1. The number of nitrogens with one attached hydrogen (secondary N) is 1. The topological polar surface area (TPSA) is 28.4 Å². The number of nitrogens with zero attached hydrogens (tertiary/aromatic N) is 1. The van der Waals surface area contributed by atoms with E-state index in [1.54, 1.807) is 0 Å². The first kappa shape index (κ1) is 14.2. The molecule has 21 heavy (non-hydrogen) atoms. The molecule has 112 valence electrons. The van der Waals surface area contributed by atoms with Gasteiger partial charge in [0.15, 0.2) is 0 Å². The van der Waals surface area contributed by atoms with Gasteiger partial charge in [-0.2, -0.15) is 0 Å². The third-order valence-corrected chi connectivity index (χ3v) is 4.31. The highest BCUT2D eigenvalue weighted by Gasteiger charge is 2.21. The molecule has 0 amide bonds. The molecule has 0 saturated carbocycles. The average molecular weight is 284 g/mol. The van der Waals surface area contributed by atoms with Crippen molar-refractivity contribution >= 4 is 5.69 Å². The molecule has 1 heterocycles. The van der Waals surface area contributed by atoms with Gasteiger partial charge in [-0.05, 0) is 44.0 Å². The van der Waals surface area contributed by atoms with Gasteiger partial charge in [-0.3, -0.25) is 0 Å². The summed E-state index contributed by atoms with van der Waals surface area (Å²) in [5.41, 5.74) is 2.66. The van der Waals surface area contributed by atoms with Crippen LogP contribution in [0.2, 0.25) is 0 Å². The fourth-order valence-corrected chi connectivity index (χ4v) is 3.10. The van der Waals surface area contributed by atoms with E-state index < -0.39 is 0 Å². The van der Waals surface area contributed by atoms with Gasteiger partial charge in [0.05, 0.1) is 6.26 Å². The van der Waals surface area contributed by atoms with Crippen molar-refractivity contribution in [1.82, 2.24) is 5.32 Å². The van der Waals surface area contributed by atoms with Gasteiger partial charge in [0.2, 0.25) is 0 Å². The lowest BCUT2D eigenvalue weighted by Gasteiger charge is -2.24. The molecule has 0 saturated heterocycles. The summed E-state index contributed by atoms with van der Waals surface area (Å²) >= 11 is 0. The number of aryl methyl sites for hydroxylation is 1. The first-order chi connectivity index (χ1) is 10.3. The van der Waals surface area contributed by atoms with Crippen LogP contribution in [0, 0.1) is 0 Å². The zero-order valence-corrected chi connectivity index (χ0v) is 12.7. The lowest BCUT2D eigenvalue weighted by molar-refractivity contribution is 0.410. The highest BCUT2D eigenvalue weighted by molar-refractivity contribution is 5.44. The highest BCUT2D eigenvalue weighted by atomic mass is 16.3. The fraction of sp³-hybridized carbons (Fsp3) is 0.444. The Labute approximate surface area is 127 Å². The van der Waals surface area contributed by atoms with E-state index in [9.17, 15) is 0 Å². The van der Waals surface area contributed by atoms with Crippen LogP contribution in [-0.4, -0.2) is 20.1 Å². The zero-order valence-electron chi connectivity index (χ0n) is 12.7. The van der Waals surface area contributed by atoms with E-state index >= 15 is 0 Å². The third kappa shape index (κ3) is 3.48. The van der Waals surface area contributed by atoms with Gasteiger partial charge in [-0.25, -0.2) is 0 Å². The molecule has 1 aliphatic rings. The van der Waals surface area contributed by atoms with E-state index in [4.69, 9.17) is 4.42 Å². The summed E-state index contributed by atoms with van der Waals surface area (Å²) in [5.74, 6) is 1.18. The standard InChI is InChI=1S/C18H24N2O/c1-20(15-7-3-2-4-8-15)13-6-12-19-17-9-5-10-18-16(17)11-14-21-18/h2-4,7-8,11,14,17,19H,5-6,9-10,12-13H2,1H3. The maximum Gasteiger partial charge on any atom is 0.108 e. The first-order valence-electron chi connectivity index (χ1n) is 7.90. The number of fused-ring (bicyclic) bond motifs is 1. The summed E-state index contributed by atoms with van der Waals surface area (Å²) in [5, 5.41) is 3.68. The van der Waals surface area contributed by atoms with Crippen LogP contribution in [0.3, 0.4) is 0 Å². The zero-order chi connectivity index (χ0) is 14.5. The number of benzene rings is 1. The molecule has 0 fully saturated rings. The molecular formula is C18H24N2O. The van der Waals surface area contributed by atoms with Crippen LogP contribution in [0.25, 0.3) is 0 Å². The summed E-state index contributed by atoms with van der Waals surface area (Å²) in [7, 11) is 2.16. The van der Waals surface area contributed by atoms with E-state index in [0.717, 1.165) is 25.9 Å². The Bertz CT molecular complexity index is 549. The van der Waals surface area contributed by atoms with Gasteiger partial charge in [0, 0.05) is 37.3 Å². The van der Waals surface area contributed by atoms with Crippen molar-refractivity contribution in [3.8, 4) is 0 Å². The molecule has 0 aliphatic heterocycles. The van der Waals surface area contributed by atoms with E-state index in [1.165, 1.54) is 29.9 Å². The molecular weight excluding hydrogens is 260 g/mol. The summed E-state index contributed by atoms with van der Waals surface area (Å²) in [6, 6.07) is 13.2. The van der Waals surface area contributed by atoms with Crippen LogP contribution >= 0.6 is 0 Å². The molecule has 1 aromatic heterocycles. The van der Waals surface area contributed by atoms with Crippen molar-refractivity contribution in [3.05, 3.63) is 54.0 Å². The van der Waals surface area contributed by atoms with E-state index in [2.05, 4.69) is 53.7 Å². The first-order valence-corrected chi connectivity index (χ1v) is 7.90. The van der Waals surface area contributed by atoms with E-state index in [-0.39, 0.29) is 0 Å². The molecule has 3 rings (SSSR count). The van der Waals surface area contributed by atoms with Crippen molar-refractivity contribution in [2.75, 3.05) is 25.0 Å². The van der Waals surface area contributed by atoms with Gasteiger partial charge in [-0.1, -0.05) is 18.2 Å². The van der Waals surface area contributed by atoms with Gasteiger partial charge in [0.25, 0.3) is 0 Å². The Kier molecular flexibility index (Phi) is 4.61. The predicted molar refractivity (Wildman–Crippen MR) is 86.7 cm³/mol. The van der Waals surface area contributed by atoms with Gasteiger partial charge >= 0.3 is 0 Å². The maximum absolute atomic E-state index is 5.54. The minimum Gasteiger partial charge on any atom is -0.469 e. The molecule has 1 atom stereocenters. The quantitative estimate of drug-likeness (QED) is 0.818. The molecule has 0 radical (unpaired) electrons. The van der Waals surface area contributed by atoms with Gasteiger partial charge in [-0.15, -0.1) is 0 Å². The van der Waals surface area contributed by atoms with Crippen LogP contribution in [0.1, 0.15) is 36.6 Å². The Morgan fingerprint density at radius 1 is 1.24 bits per heavy atom. The fourth-order valence-electron chi connectivity index (χ4n) is 3.10. The lowest BCUT2D eigenvalue weighted by atomic mass is 9.93. The van der Waals surface area contributed by atoms with E-state index in [1.807, 2.05) is 6.26 Å². The maximum atomic E-state index is 5.54. The van der Waals surface area contributed by atoms with Crippen molar-refractivity contribution in [1.29, 1.82) is 0 Å². The average Bonchev–Trinajstić information content (AvgIpc) is 3.01. The SMILES string of the molecule is CN(CCCNC1CCCc2occc21)c1ccccc1. The Balaban J connectivity index is 1.43. The normalized spacial score (nSPS) is 17.5. The number of rotatable bonds is 6. The largest absolute Gasteiger partial charge is 0.469 e. The smallest absolute Gasteiger partial charge is 0.108 e. The number of hydrogen-bond acceptors (Lipinski definition) is 3. The number of furan rings is 1. The molecule has 0 spiro atoms. The Hall–Kier alpha value is -1.74. The van der Waals surface area contributed by atoms with Crippen molar-refractivity contribution in [2.45, 2.75) is 31.7 Å². The Morgan fingerprint density at radius 2 is 2.10 bits per heavy atom. The summed E-state index contributed by atoms with van der Waals surface area (Å²) in [6.45, 7) is 2.12. The Morgan fingerprint density at radius 3 is 2.95 bits per heavy atom. The van der Waals surface area contributed by atoms with Gasteiger partial charge < -0.3 is 14.6 Å². The summed E-state index contributed by atoms with van der Waals surface area (Å²) in [4.78, 5) is 2.31. The molecule has 1 aromatic carbocycles. The molecule has 1 aliphatic carbocycles. The predicted octanol–water partition coefficient (Wildman–Crippen LogP) is 3.77. The summed E-state index contributed by atoms with van der Waals surface area (Å²) in [6.07, 6.45) is 6.52. The van der Waals surface area contributed by atoms with Crippen molar-refractivity contribution in [3.63, 3.8) is 0 Å². The van der Waals surface area contributed by atoms with Crippen LogP contribution in [-0.2, 0) is 6.42 Å². The monoisotopic (exact) mass is 284 g/mol. The van der Waals surface area contributed by atoms with Crippen LogP contribution in [0.15, 0.2) is 47.1 Å². The van der Waals surface area contributed by atoms with Crippen molar-refractivity contribution in [2.24, 2.45) is 0 Å². The van der Waals surface area contributed by atoms with Crippen LogP contribution in [0.4, 0.5) is 5.69 Å². The second-order valence-corrected chi connectivity index (χ2v) is 5.81. The van der Waals surface area contributed by atoms with E-state index in [0.29, 0.717) is 6.04 Å². The van der Waals surface area contributed by atoms with Crippen LogP contribution < -0.4 is 10.2 Å². The number of para-hydroxylation sites is 1. The molecule has 0 bridgehead atoms. The van der Waals surface area contributed by atoms with Crippen LogP contribution in [0.5, 0.6) is 0 Å². The van der Waals surface area contributed by atoms with Gasteiger partial charge in [0.1, 0.15) is 5.76 Å². The third-order valence-electron chi connectivity index (χ3n) is 4.31. The lowest BCUT2D eigenvalue weighted by Crippen LogP contribution is -2.28. The van der Waals surface area contributed by atoms with Crippen molar-refractivity contribution < 1.29 is 4.42 Å². The molecule has 1 unspecified atom stereocenters. The molecule has 2 aromatic rings.